The summed E-state index contributed by atoms with van der Waals surface area (Å²) in [5, 5.41) is 0. The third-order valence-electron chi connectivity index (χ3n) is 2.71. The number of hydrogen-bond donors (Lipinski definition) is 2. The Balaban J connectivity index is 2.20. The van der Waals surface area contributed by atoms with Gasteiger partial charge in [0.1, 0.15) is 11.6 Å². The lowest BCUT2D eigenvalue weighted by Gasteiger charge is -2.09. The van der Waals surface area contributed by atoms with Gasteiger partial charge in [0.05, 0.1) is 5.69 Å². The van der Waals surface area contributed by atoms with Crippen molar-refractivity contribution in [3.05, 3.63) is 17.1 Å². The molecule has 0 aromatic carbocycles. The molecule has 0 atom stereocenters. The summed E-state index contributed by atoms with van der Waals surface area (Å²) in [7, 11) is 0. The Morgan fingerprint density at radius 3 is 2.88 bits per heavy atom. The minimum atomic E-state index is 0.681. The Morgan fingerprint density at radius 1 is 1.38 bits per heavy atom. The topological polar surface area (TPSA) is 63.8 Å². The highest BCUT2D eigenvalue weighted by Crippen LogP contribution is 2.32. The minimum absolute atomic E-state index is 0.681. The predicted molar refractivity (Wildman–Crippen MR) is 68.0 cm³/mol. The monoisotopic (exact) mass is 238 g/mol. The van der Waals surface area contributed by atoms with Crippen LogP contribution in [0.1, 0.15) is 37.4 Å². The molecule has 0 saturated carbocycles. The Labute approximate surface area is 100 Å². The van der Waals surface area contributed by atoms with Crippen LogP contribution in [0.25, 0.3) is 0 Å². The summed E-state index contributed by atoms with van der Waals surface area (Å²) in [5.74, 6) is 9.87. The maximum absolute atomic E-state index is 5.50. The van der Waals surface area contributed by atoms with Crippen molar-refractivity contribution in [3.63, 3.8) is 0 Å². The van der Waals surface area contributed by atoms with Crippen molar-refractivity contribution in [2.45, 2.75) is 38.2 Å². The first kappa shape index (κ1) is 11.7. The van der Waals surface area contributed by atoms with Crippen molar-refractivity contribution in [1.82, 2.24) is 9.97 Å². The number of anilines is 1. The van der Waals surface area contributed by atoms with Crippen LogP contribution in [-0.4, -0.2) is 9.97 Å². The first-order valence-electron chi connectivity index (χ1n) is 5.63. The number of hydrogen-bond acceptors (Lipinski definition) is 5. The quantitative estimate of drug-likeness (QED) is 0.621. The number of nitrogens with zero attached hydrogens (tertiary/aromatic N) is 2. The molecule has 16 heavy (non-hydrogen) atoms. The number of aryl methyl sites for hydroxylation is 1. The van der Waals surface area contributed by atoms with Crippen molar-refractivity contribution < 1.29 is 0 Å². The van der Waals surface area contributed by atoms with Crippen LogP contribution in [-0.2, 0) is 17.9 Å². The van der Waals surface area contributed by atoms with Gasteiger partial charge < -0.3 is 5.43 Å². The maximum atomic E-state index is 5.50. The summed E-state index contributed by atoms with van der Waals surface area (Å²) in [6, 6.07) is 0. The van der Waals surface area contributed by atoms with Crippen LogP contribution >= 0.6 is 11.8 Å². The third kappa shape index (κ3) is 2.47. The molecule has 88 valence electrons. The van der Waals surface area contributed by atoms with E-state index in [0.29, 0.717) is 5.92 Å². The van der Waals surface area contributed by atoms with Gasteiger partial charge in [-0.15, -0.1) is 0 Å². The van der Waals surface area contributed by atoms with Crippen LogP contribution in [0.2, 0.25) is 0 Å². The zero-order chi connectivity index (χ0) is 11.5. The van der Waals surface area contributed by atoms with E-state index in [1.165, 1.54) is 5.56 Å². The molecule has 2 heterocycles. The van der Waals surface area contributed by atoms with Crippen molar-refractivity contribution >= 4 is 17.6 Å². The Kier molecular flexibility index (Phi) is 3.66. The molecule has 0 aliphatic carbocycles. The molecule has 1 aliphatic rings. The van der Waals surface area contributed by atoms with E-state index in [1.54, 1.807) is 0 Å². The molecule has 0 bridgehead atoms. The molecule has 0 amide bonds. The summed E-state index contributed by atoms with van der Waals surface area (Å²) in [6.45, 7) is 4.43. The standard InChI is InChI=1S/C11H18N4S/c1-7(2)3-4-10-13-9-6-16-5-8(9)11(14-10)15-12/h7H,3-6,12H2,1-2H3,(H,13,14,15). The largest absolute Gasteiger partial charge is 0.308 e. The van der Waals surface area contributed by atoms with E-state index in [9.17, 15) is 0 Å². The molecule has 0 saturated heterocycles. The van der Waals surface area contributed by atoms with E-state index in [-0.39, 0.29) is 0 Å². The van der Waals surface area contributed by atoms with Crippen LogP contribution in [0.5, 0.6) is 0 Å². The van der Waals surface area contributed by atoms with Crippen LogP contribution in [0.3, 0.4) is 0 Å². The summed E-state index contributed by atoms with van der Waals surface area (Å²) in [5.41, 5.74) is 5.03. The highest BCUT2D eigenvalue weighted by molar-refractivity contribution is 7.98. The fourth-order valence-electron chi connectivity index (χ4n) is 1.75. The highest BCUT2D eigenvalue weighted by Gasteiger charge is 2.19. The average Bonchev–Trinajstić information content (AvgIpc) is 2.73. The van der Waals surface area contributed by atoms with Crippen LogP contribution in [0, 0.1) is 5.92 Å². The second-order valence-electron chi connectivity index (χ2n) is 4.48. The SMILES string of the molecule is CC(C)CCc1nc2c(c(NN)n1)CSC2. The van der Waals surface area contributed by atoms with E-state index < -0.39 is 0 Å². The number of rotatable bonds is 4. The number of fused-ring (bicyclic) bond motifs is 1. The second-order valence-corrected chi connectivity index (χ2v) is 5.47. The molecule has 1 aliphatic heterocycles. The van der Waals surface area contributed by atoms with Gasteiger partial charge in [0, 0.05) is 23.5 Å². The molecule has 3 N–H and O–H groups in total. The molecule has 5 heteroatoms. The average molecular weight is 238 g/mol. The fourth-order valence-corrected chi connectivity index (χ4v) is 2.79. The van der Waals surface area contributed by atoms with Gasteiger partial charge in [0.15, 0.2) is 0 Å². The minimum Gasteiger partial charge on any atom is -0.308 e. The zero-order valence-corrected chi connectivity index (χ0v) is 10.6. The maximum Gasteiger partial charge on any atom is 0.148 e. The lowest BCUT2D eigenvalue weighted by molar-refractivity contribution is 0.574. The Morgan fingerprint density at radius 2 is 2.19 bits per heavy atom. The molecule has 1 aromatic heterocycles. The van der Waals surface area contributed by atoms with E-state index in [1.807, 2.05) is 11.8 Å². The molecule has 0 fully saturated rings. The second kappa shape index (κ2) is 5.01. The van der Waals surface area contributed by atoms with Crippen LogP contribution in [0.15, 0.2) is 0 Å². The molecule has 1 aromatic rings. The summed E-state index contributed by atoms with van der Waals surface area (Å²) in [4.78, 5) is 9.08. The van der Waals surface area contributed by atoms with Gasteiger partial charge >= 0.3 is 0 Å². The van der Waals surface area contributed by atoms with Gasteiger partial charge in [-0.2, -0.15) is 11.8 Å². The van der Waals surface area contributed by atoms with Gasteiger partial charge in [-0.25, -0.2) is 15.8 Å². The normalized spacial score (nSPS) is 14.2. The number of nitrogen functional groups attached to an aromatic ring is 1. The molecular weight excluding hydrogens is 220 g/mol. The summed E-state index contributed by atoms with van der Waals surface area (Å²) in [6.07, 6.45) is 2.06. The number of nitrogens with two attached hydrogens (primary N) is 1. The third-order valence-corrected chi connectivity index (χ3v) is 3.68. The lowest BCUT2D eigenvalue weighted by atomic mass is 10.1. The van der Waals surface area contributed by atoms with Crippen molar-refractivity contribution in [2.75, 3.05) is 5.43 Å². The molecule has 0 unspecified atom stereocenters. The highest BCUT2D eigenvalue weighted by atomic mass is 32.2. The lowest BCUT2D eigenvalue weighted by Crippen LogP contribution is -2.14. The van der Waals surface area contributed by atoms with Crippen molar-refractivity contribution in [2.24, 2.45) is 11.8 Å². The number of thioether (sulfide) groups is 1. The molecule has 0 radical (unpaired) electrons. The van der Waals surface area contributed by atoms with Gasteiger partial charge in [-0.1, -0.05) is 13.8 Å². The summed E-state index contributed by atoms with van der Waals surface area (Å²) < 4.78 is 0. The van der Waals surface area contributed by atoms with Gasteiger partial charge in [0.2, 0.25) is 0 Å². The smallest absolute Gasteiger partial charge is 0.148 e. The van der Waals surface area contributed by atoms with E-state index in [0.717, 1.165) is 41.7 Å². The number of nitrogens with one attached hydrogen (secondary N) is 1. The van der Waals surface area contributed by atoms with Crippen molar-refractivity contribution in [3.8, 4) is 0 Å². The molecule has 4 nitrogen and oxygen atoms in total. The fraction of sp³-hybridized carbons (Fsp3) is 0.636. The van der Waals surface area contributed by atoms with Crippen LogP contribution < -0.4 is 11.3 Å². The number of hydrazine groups is 1. The molecule has 2 rings (SSSR count). The van der Waals surface area contributed by atoms with Crippen molar-refractivity contribution in [1.29, 1.82) is 0 Å². The summed E-state index contributed by atoms with van der Waals surface area (Å²) >= 11 is 1.87. The zero-order valence-electron chi connectivity index (χ0n) is 9.79. The molecular formula is C11H18N4S. The van der Waals surface area contributed by atoms with E-state index in [2.05, 4.69) is 29.2 Å². The van der Waals surface area contributed by atoms with Gasteiger partial charge in [-0.05, 0) is 12.3 Å². The van der Waals surface area contributed by atoms with E-state index >= 15 is 0 Å². The van der Waals surface area contributed by atoms with Gasteiger partial charge in [-0.3, -0.25) is 0 Å². The first-order valence-corrected chi connectivity index (χ1v) is 6.79. The van der Waals surface area contributed by atoms with Gasteiger partial charge in [0.25, 0.3) is 0 Å². The number of aromatic nitrogens is 2. The first-order chi connectivity index (χ1) is 7.70. The molecule has 0 spiro atoms. The Bertz CT molecular complexity index is 378. The predicted octanol–water partition coefficient (Wildman–Crippen LogP) is 2.10. The van der Waals surface area contributed by atoms with Crippen LogP contribution in [0.4, 0.5) is 5.82 Å². The Hall–Kier alpha value is -0.810. The van der Waals surface area contributed by atoms with E-state index in [4.69, 9.17) is 5.84 Å².